The second-order valence-electron chi connectivity index (χ2n) is 5.20. The Kier molecular flexibility index (Phi) is 4.39. The average molecular weight is 345 g/mol. The molecule has 0 radical (unpaired) electrons. The van der Waals surface area contributed by atoms with Gasteiger partial charge in [0.2, 0.25) is 0 Å². The maximum atomic E-state index is 11.7. The van der Waals surface area contributed by atoms with Crippen molar-refractivity contribution in [3.8, 4) is 11.1 Å². The van der Waals surface area contributed by atoms with Gasteiger partial charge in [0.1, 0.15) is 6.61 Å². The van der Waals surface area contributed by atoms with E-state index in [1.54, 1.807) is 0 Å². The molecule has 3 heteroatoms. The van der Waals surface area contributed by atoms with Crippen molar-refractivity contribution >= 4 is 21.9 Å². The van der Waals surface area contributed by atoms with Crippen LogP contribution in [0.15, 0.2) is 48.5 Å². The topological polar surface area (TPSA) is 26.3 Å². The van der Waals surface area contributed by atoms with Crippen LogP contribution in [0.3, 0.4) is 0 Å². The smallest absolute Gasteiger partial charge is 0.305 e. The molecule has 1 aliphatic carbocycles. The van der Waals surface area contributed by atoms with Crippen LogP contribution in [0.2, 0.25) is 0 Å². The zero-order valence-corrected chi connectivity index (χ0v) is 13.3. The van der Waals surface area contributed by atoms with E-state index in [-0.39, 0.29) is 11.9 Å². The molecule has 0 spiro atoms. The lowest BCUT2D eigenvalue weighted by atomic mass is 9.98. The Morgan fingerprint density at radius 3 is 2.14 bits per heavy atom. The summed E-state index contributed by atoms with van der Waals surface area (Å²) in [6.07, 6.45) is 1.29. The normalized spacial score (nSPS) is 12.8. The summed E-state index contributed by atoms with van der Waals surface area (Å²) in [5.41, 5.74) is 5.03. The summed E-state index contributed by atoms with van der Waals surface area (Å²) < 4.78 is 5.48. The highest BCUT2D eigenvalue weighted by atomic mass is 79.9. The molecule has 0 aromatic heterocycles. The van der Waals surface area contributed by atoms with E-state index in [0.29, 0.717) is 13.0 Å². The van der Waals surface area contributed by atoms with Crippen LogP contribution in [-0.2, 0) is 9.53 Å². The molecule has 3 rings (SSSR count). The number of hydrogen-bond donors (Lipinski definition) is 0. The van der Waals surface area contributed by atoms with Crippen molar-refractivity contribution in [1.29, 1.82) is 0 Å². The highest BCUT2D eigenvalue weighted by Gasteiger charge is 2.28. The number of benzene rings is 2. The highest BCUT2D eigenvalue weighted by molar-refractivity contribution is 9.09. The third kappa shape index (κ3) is 2.88. The van der Waals surface area contributed by atoms with Crippen LogP contribution in [0.25, 0.3) is 11.1 Å². The molecule has 0 bridgehead atoms. The van der Waals surface area contributed by atoms with Gasteiger partial charge in [-0.3, -0.25) is 4.79 Å². The van der Waals surface area contributed by atoms with Crippen LogP contribution in [0, 0.1) is 0 Å². The number of alkyl halides is 1. The molecule has 2 nitrogen and oxygen atoms in total. The molecule has 0 fully saturated rings. The molecular weight excluding hydrogens is 328 g/mol. The van der Waals surface area contributed by atoms with Gasteiger partial charge >= 0.3 is 5.97 Å². The minimum absolute atomic E-state index is 0.115. The Morgan fingerprint density at radius 1 is 1.00 bits per heavy atom. The Hall–Kier alpha value is -1.61. The van der Waals surface area contributed by atoms with Crippen molar-refractivity contribution in [2.24, 2.45) is 0 Å². The lowest BCUT2D eigenvalue weighted by Crippen LogP contribution is -2.12. The number of rotatable bonds is 5. The van der Waals surface area contributed by atoms with Crippen molar-refractivity contribution < 1.29 is 9.53 Å². The number of carbonyl (C=O) groups is 1. The molecule has 0 saturated carbocycles. The predicted octanol–water partition coefficient (Wildman–Crippen LogP) is 4.52. The van der Waals surface area contributed by atoms with Crippen LogP contribution < -0.4 is 0 Å². The van der Waals surface area contributed by atoms with E-state index in [2.05, 4.69) is 52.3 Å². The maximum absolute atomic E-state index is 11.7. The van der Waals surface area contributed by atoms with Gasteiger partial charge in [0.15, 0.2) is 0 Å². The summed E-state index contributed by atoms with van der Waals surface area (Å²) >= 11 is 3.33. The molecule has 108 valence electrons. The molecule has 0 aliphatic heterocycles. The average Bonchev–Trinajstić information content (AvgIpc) is 2.85. The second-order valence-corrected chi connectivity index (χ2v) is 6.00. The van der Waals surface area contributed by atoms with E-state index in [1.165, 1.54) is 22.3 Å². The van der Waals surface area contributed by atoms with Gasteiger partial charge in [-0.25, -0.2) is 0 Å². The largest absolute Gasteiger partial charge is 0.465 e. The van der Waals surface area contributed by atoms with Crippen molar-refractivity contribution in [2.75, 3.05) is 11.9 Å². The molecule has 0 amide bonds. The number of ether oxygens (including phenoxy) is 1. The zero-order valence-electron chi connectivity index (χ0n) is 11.7. The van der Waals surface area contributed by atoms with Crippen molar-refractivity contribution in [1.82, 2.24) is 0 Å². The molecule has 2 aromatic carbocycles. The van der Waals surface area contributed by atoms with E-state index in [0.717, 1.165) is 11.8 Å². The first kappa shape index (κ1) is 14.3. The number of esters is 1. The molecule has 2 aromatic rings. The minimum Gasteiger partial charge on any atom is -0.465 e. The van der Waals surface area contributed by atoms with E-state index < -0.39 is 0 Å². The first-order valence-electron chi connectivity index (χ1n) is 7.21. The second kappa shape index (κ2) is 6.44. The van der Waals surface area contributed by atoms with Crippen molar-refractivity contribution in [2.45, 2.75) is 18.8 Å². The summed E-state index contributed by atoms with van der Waals surface area (Å²) in [5.74, 6) is 0.0432. The fourth-order valence-corrected chi connectivity index (χ4v) is 3.18. The molecule has 0 unspecified atom stereocenters. The van der Waals surface area contributed by atoms with Gasteiger partial charge in [0, 0.05) is 17.7 Å². The summed E-state index contributed by atoms with van der Waals surface area (Å²) in [6.45, 7) is 0.426. The van der Waals surface area contributed by atoms with Gasteiger partial charge in [0.25, 0.3) is 0 Å². The summed E-state index contributed by atoms with van der Waals surface area (Å²) in [6, 6.07) is 16.7. The number of fused-ring (bicyclic) bond motifs is 3. The Bertz CT molecular complexity index is 606. The number of carbonyl (C=O) groups excluding carboxylic acids is 1. The fraction of sp³-hybridized carbons (Fsp3) is 0.278. The summed E-state index contributed by atoms with van der Waals surface area (Å²) in [4.78, 5) is 11.7. The fourth-order valence-electron chi connectivity index (χ4n) is 2.90. The van der Waals surface area contributed by atoms with Gasteiger partial charge < -0.3 is 4.74 Å². The van der Waals surface area contributed by atoms with Crippen LogP contribution >= 0.6 is 15.9 Å². The van der Waals surface area contributed by atoms with Gasteiger partial charge in [0.05, 0.1) is 0 Å². The van der Waals surface area contributed by atoms with E-state index in [4.69, 9.17) is 4.74 Å². The third-order valence-electron chi connectivity index (χ3n) is 3.89. The van der Waals surface area contributed by atoms with Crippen LogP contribution in [0.4, 0.5) is 0 Å². The molecule has 0 saturated heterocycles. The van der Waals surface area contributed by atoms with E-state index >= 15 is 0 Å². The Labute approximate surface area is 133 Å². The lowest BCUT2D eigenvalue weighted by Gasteiger charge is -2.14. The summed E-state index contributed by atoms with van der Waals surface area (Å²) in [7, 11) is 0. The van der Waals surface area contributed by atoms with Crippen LogP contribution in [-0.4, -0.2) is 17.9 Å². The van der Waals surface area contributed by atoms with E-state index in [9.17, 15) is 4.79 Å². The van der Waals surface area contributed by atoms with Gasteiger partial charge in [-0.05, 0) is 28.7 Å². The van der Waals surface area contributed by atoms with Crippen molar-refractivity contribution in [3.05, 3.63) is 59.7 Å². The van der Waals surface area contributed by atoms with Crippen LogP contribution in [0.1, 0.15) is 29.9 Å². The zero-order chi connectivity index (χ0) is 14.7. The van der Waals surface area contributed by atoms with Gasteiger partial charge in [-0.15, -0.1) is 0 Å². The Morgan fingerprint density at radius 2 is 1.57 bits per heavy atom. The monoisotopic (exact) mass is 344 g/mol. The highest BCUT2D eigenvalue weighted by Crippen LogP contribution is 2.44. The minimum atomic E-state index is -0.115. The third-order valence-corrected chi connectivity index (χ3v) is 4.45. The number of hydrogen-bond acceptors (Lipinski definition) is 2. The standard InChI is InChI=1S/C18H17BrO2/c19-11-5-10-18(20)21-12-17-15-8-3-1-6-13(15)14-7-2-4-9-16(14)17/h1-4,6-9,17H,5,10-12H2. The summed E-state index contributed by atoms with van der Waals surface area (Å²) in [5, 5.41) is 0.831. The lowest BCUT2D eigenvalue weighted by molar-refractivity contribution is -0.143. The quantitative estimate of drug-likeness (QED) is 0.588. The SMILES string of the molecule is O=C(CCCBr)OCC1c2ccccc2-c2ccccc21. The predicted molar refractivity (Wildman–Crippen MR) is 87.7 cm³/mol. The van der Waals surface area contributed by atoms with E-state index in [1.807, 2.05) is 12.1 Å². The molecule has 0 atom stereocenters. The molecule has 0 heterocycles. The molecule has 0 N–H and O–H groups in total. The Balaban J connectivity index is 1.81. The van der Waals surface area contributed by atoms with Gasteiger partial charge in [-0.1, -0.05) is 64.5 Å². The number of halogens is 1. The maximum Gasteiger partial charge on any atom is 0.305 e. The molecule has 1 aliphatic rings. The van der Waals surface area contributed by atoms with Crippen molar-refractivity contribution in [3.63, 3.8) is 0 Å². The first-order valence-corrected chi connectivity index (χ1v) is 8.33. The van der Waals surface area contributed by atoms with Crippen LogP contribution in [0.5, 0.6) is 0 Å². The molecule has 21 heavy (non-hydrogen) atoms. The first-order chi connectivity index (χ1) is 10.3. The molecular formula is C18H17BrO2. The van der Waals surface area contributed by atoms with Gasteiger partial charge in [-0.2, -0.15) is 0 Å².